The van der Waals surface area contributed by atoms with Gasteiger partial charge in [0.15, 0.2) is 0 Å². The van der Waals surface area contributed by atoms with Crippen LogP contribution in [0.15, 0.2) is 42.7 Å². The number of nitrogens with zero attached hydrogens (tertiary/aromatic N) is 4. The molecule has 1 aromatic heterocycles. The van der Waals surface area contributed by atoms with Gasteiger partial charge in [0, 0.05) is 38.6 Å². The van der Waals surface area contributed by atoms with E-state index in [2.05, 4.69) is 9.97 Å². The van der Waals surface area contributed by atoms with E-state index in [0.29, 0.717) is 46.0 Å². The highest BCUT2D eigenvalue weighted by atomic mass is 19.4. The van der Waals surface area contributed by atoms with Crippen LogP contribution in [0.3, 0.4) is 0 Å². The van der Waals surface area contributed by atoms with Gasteiger partial charge in [-0.25, -0.2) is 9.97 Å². The van der Waals surface area contributed by atoms with Crippen LogP contribution in [0.25, 0.3) is 0 Å². The summed E-state index contributed by atoms with van der Waals surface area (Å²) in [4.78, 5) is 23.5. The van der Waals surface area contributed by atoms with E-state index < -0.39 is 11.7 Å². The van der Waals surface area contributed by atoms with Crippen molar-refractivity contribution in [3.63, 3.8) is 0 Å². The van der Waals surface area contributed by atoms with E-state index in [1.165, 1.54) is 0 Å². The lowest BCUT2D eigenvalue weighted by molar-refractivity contribution is -0.138. The molecule has 1 fully saturated rings. The van der Waals surface area contributed by atoms with Crippen LogP contribution in [-0.2, 0) is 27.1 Å². The van der Waals surface area contributed by atoms with E-state index in [4.69, 9.17) is 9.47 Å². The van der Waals surface area contributed by atoms with Crippen LogP contribution in [-0.4, -0.2) is 66.3 Å². The lowest BCUT2D eigenvalue weighted by atomic mass is 10.2. The molecule has 2 aromatic rings. The fourth-order valence-corrected chi connectivity index (χ4v) is 3.21. The number of hydrogen-bond acceptors (Lipinski definition) is 6. The number of rotatable bonds is 9. The first-order chi connectivity index (χ1) is 15.3. The third-order valence-electron chi connectivity index (χ3n) is 5.07. The average molecular weight is 452 g/mol. The van der Waals surface area contributed by atoms with Gasteiger partial charge in [0.25, 0.3) is 0 Å². The summed E-state index contributed by atoms with van der Waals surface area (Å²) in [6.07, 6.45) is -2.72. The zero-order chi connectivity index (χ0) is 23.0. The molecule has 1 saturated heterocycles. The highest BCUT2D eigenvalue weighted by Crippen LogP contribution is 2.28. The van der Waals surface area contributed by atoms with Crippen molar-refractivity contribution < 1.29 is 27.4 Å². The van der Waals surface area contributed by atoms with Crippen molar-refractivity contribution in [3.8, 4) is 0 Å². The summed E-state index contributed by atoms with van der Waals surface area (Å²) in [6.45, 7) is 4.98. The first-order valence-electron chi connectivity index (χ1n) is 10.5. The maximum absolute atomic E-state index is 12.6. The van der Waals surface area contributed by atoms with Crippen LogP contribution in [0.1, 0.15) is 24.5 Å². The summed E-state index contributed by atoms with van der Waals surface area (Å²) >= 11 is 0. The van der Waals surface area contributed by atoms with Crippen LogP contribution in [0.4, 0.5) is 19.1 Å². The van der Waals surface area contributed by atoms with E-state index in [9.17, 15) is 18.0 Å². The Hall–Kier alpha value is -2.72. The van der Waals surface area contributed by atoms with Crippen LogP contribution in [0.2, 0.25) is 0 Å². The molecule has 0 unspecified atom stereocenters. The average Bonchev–Trinajstić information content (AvgIpc) is 2.80. The second-order valence-corrected chi connectivity index (χ2v) is 7.57. The fourth-order valence-electron chi connectivity index (χ4n) is 3.21. The topological polar surface area (TPSA) is 67.8 Å². The number of carbonyl (C=O) groups excluding carboxylic acids is 1. The number of piperazine rings is 1. The van der Waals surface area contributed by atoms with Gasteiger partial charge in [-0.1, -0.05) is 30.3 Å². The Balaban J connectivity index is 1.31. The molecular weight excluding hydrogens is 425 g/mol. The van der Waals surface area contributed by atoms with E-state index in [-0.39, 0.29) is 24.4 Å². The summed E-state index contributed by atoms with van der Waals surface area (Å²) in [7, 11) is 0. The second kappa shape index (κ2) is 11.2. The first-order valence-corrected chi connectivity index (χ1v) is 10.5. The van der Waals surface area contributed by atoms with Crippen molar-refractivity contribution >= 4 is 11.9 Å². The standard InChI is InChI=1S/C22H27F3N4O3/c1-17(32-16-18-5-3-2-4-6-18)15-31-12-7-20(30)28-8-10-29(11-9-28)21-26-13-19(14-27-21)22(23,24)25/h2-6,13-14,17H,7-12,15-16H2,1H3/t17-/m0/s1. The largest absolute Gasteiger partial charge is 0.419 e. The first kappa shape index (κ1) is 23.9. The van der Waals surface area contributed by atoms with Gasteiger partial charge in [-0.05, 0) is 12.5 Å². The number of anilines is 1. The molecule has 2 heterocycles. The zero-order valence-electron chi connectivity index (χ0n) is 17.9. The van der Waals surface area contributed by atoms with Gasteiger partial charge >= 0.3 is 6.18 Å². The molecular formula is C22H27F3N4O3. The molecule has 32 heavy (non-hydrogen) atoms. The summed E-state index contributed by atoms with van der Waals surface area (Å²) in [6, 6.07) is 9.87. The lowest BCUT2D eigenvalue weighted by Crippen LogP contribution is -2.49. The predicted octanol–water partition coefficient (Wildman–Crippen LogP) is 3.16. The van der Waals surface area contributed by atoms with E-state index in [0.717, 1.165) is 18.0 Å². The van der Waals surface area contributed by atoms with Crippen molar-refractivity contribution in [1.29, 1.82) is 0 Å². The maximum Gasteiger partial charge on any atom is 0.419 e. The third-order valence-corrected chi connectivity index (χ3v) is 5.07. The van der Waals surface area contributed by atoms with Crippen LogP contribution in [0.5, 0.6) is 0 Å². The van der Waals surface area contributed by atoms with Gasteiger partial charge in [-0.15, -0.1) is 0 Å². The number of aromatic nitrogens is 2. The molecule has 1 aliphatic heterocycles. The molecule has 1 amide bonds. The normalized spacial score (nSPS) is 15.6. The highest BCUT2D eigenvalue weighted by Gasteiger charge is 2.32. The zero-order valence-corrected chi connectivity index (χ0v) is 17.9. The van der Waals surface area contributed by atoms with Gasteiger partial charge in [0.1, 0.15) is 0 Å². The fraction of sp³-hybridized carbons (Fsp3) is 0.500. The smallest absolute Gasteiger partial charge is 0.378 e. The molecule has 1 aliphatic rings. The van der Waals surface area contributed by atoms with E-state index in [1.807, 2.05) is 37.3 Å². The molecule has 0 bridgehead atoms. The number of carbonyl (C=O) groups is 1. The molecule has 0 N–H and O–H groups in total. The molecule has 174 valence electrons. The Morgan fingerprint density at radius 1 is 1.09 bits per heavy atom. The Bertz CT molecular complexity index is 842. The Labute approximate surface area is 185 Å². The summed E-state index contributed by atoms with van der Waals surface area (Å²) in [5.74, 6) is 0.216. The Morgan fingerprint density at radius 3 is 2.38 bits per heavy atom. The minimum absolute atomic E-state index is 0.0177. The SMILES string of the molecule is C[C@@H](COCCC(=O)N1CCN(c2ncc(C(F)(F)F)cn2)CC1)OCc1ccccc1. The van der Waals surface area contributed by atoms with Gasteiger partial charge in [-0.3, -0.25) is 4.79 Å². The highest BCUT2D eigenvalue weighted by molar-refractivity contribution is 5.76. The van der Waals surface area contributed by atoms with Crippen molar-refractivity contribution in [2.75, 3.05) is 44.3 Å². The van der Waals surface area contributed by atoms with Gasteiger partial charge < -0.3 is 19.3 Å². The Morgan fingerprint density at radius 2 is 1.75 bits per heavy atom. The van der Waals surface area contributed by atoms with Crippen LogP contribution >= 0.6 is 0 Å². The van der Waals surface area contributed by atoms with Gasteiger partial charge in [-0.2, -0.15) is 13.2 Å². The number of halogens is 3. The van der Waals surface area contributed by atoms with Crippen molar-refractivity contribution in [1.82, 2.24) is 14.9 Å². The van der Waals surface area contributed by atoms with Crippen molar-refractivity contribution in [3.05, 3.63) is 53.9 Å². The summed E-state index contributed by atoms with van der Waals surface area (Å²) < 4.78 is 49.2. The Kier molecular flexibility index (Phi) is 8.40. The number of amides is 1. The molecule has 1 atom stereocenters. The monoisotopic (exact) mass is 452 g/mol. The van der Waals surface area contributed by atoms with Gasteiger partial charge in [0.2, 0.25) is 11.9 Å². The van der Waals surface area contributed by atoms with Crippen LogP contribution < -0.4 is 4.90 Å². The van der Waals surface area contributed by atoms with Crippen molar-refractivity contribution in [2.45, 2.75) is 32.2 Å². The number of ether oxygens (including phenoxy) is 2. The molecule has 0 spiro atoms. The predicted molar refractivity (Wildman–Crippen MR) is 112 cm³/mol. The van der Waals surface area contributed by atoms with E-state index >= 15 is 0 Å². The lowest BCUT2D eigenvalue weighted by Gasteiger charge is -2.34. The quantitative estimate of drug-likeness (QED) is 0.545. The summed E-state index contributed by atoms with van der Waals surface area (Å²) in [5, 5.41) is 0. The molecule has 10 heteroatoms. The molecule has 3 rings (SSSR count). The maximum atomic E-state index is 12.6. The number of benzene rings is 1. The van der Waals surface area contributed by atoms with Crippen molar-refractivity contribution in [2.24, 2.45) is 0 Å². The minimum Gasteiger partial charge on any atom is -0.378 e. The second-order valence-electron chi connectivity index (χ2n) is 7.57. The molecule has 7 nitrogen and oxygen atoms in total. The number of alkyl halides is 3. The van der Waals surface area contributed by atoms with Gasteiger partial charge in [0.05, 0.1) is 37.9 Å². The van der Waals surface area contributed by atoms with Crippen LogP contribution in [0, 0.1) is 0 Å². The molecule has 0 radical (unpaired) electrons. The number of hydrogen-bond donors (Lipinski definition) is 0. The van der Waals surface area contributed by atoms with E-state index in [1.54, 1.807) is 9.80 Å². The summed E-state index contributed by atoms with van der Waals surface area (Å²) in [5.41, 5.74) is 0.213. The third kappa shape index (κ3) is 7.16. The molecule has 1 aromatic carbocycles. The molecule has 0 saturated carbocycles. The minimum atomic E-state index is -4.46. The molecule has 0 aliphatic carbocycles.